The lowest BCUT2D eigenvalue weighted by Gasteiger charge is -2.26. The van der Waals surface area contributed by atoms with Crippen molar-refractivity contribution in [3.8, 4) is 0 Å². The zero-order valence-electron chi connectivity index (χ0n) is 11.3. The van der Waals surface area contributed by atoms with Crippen LogP contribution >= 0.6 is 0 Å². The third kappa shape index (κ3) is 3.95. The Morgan fingerprint density at radius 1 is 1.18 bits per heavy atom. The first-order valence-corrected chi connectivity index (χ1v) is 7.13. The van der Waals surface area contributed by atoms with Crippen molar-refractivity contribution in [1.29, 1.82) is 0 Å². The van der Waals surface area contributed by atoms with Gasteiger partial charge in [-0.3, -0.25) is 4.79 Å². The largest absolute Gasteiger partial charge is 0.315 e. The summed E-state index contributed by atoms with van der Waals surface area (Å²) in [7, 11) is 0. The third-order valence-electron chi connectivity index (χ3n) is 3.98. The van der Waals surface area contributed by atoms with E-state index in [0.717, 1.165) is 12.5 Å². The van der Waals surface area contributed by atoms with Crippen LogP contribution in [0.25, 0.3) is 0 Å². The van der Waals surface area contributed by atoms with Crippen molar-refractivity contribution in [3.05, 3.63) is 11.8 Å². The van der Waals surface area contributed by atoms with Crippen LogP contribution in [0.4, 0.5) is 0 Å². The normalized spacial score (nSPS) is 26.5. The Labute approximate surface area is 105 Å². The van der Waals surface area contributed by atoms with Crippen LogP contribution in [0.2, 0.25) is 0 Å². The maximum atomic E-state index is 11.7. The number of hydrogen-bond acceptors (Lipinski definition) is 1. The van der Waals surface area contributed by atoms with Crippen LogP contribution in [0.1, 0.15) is 65.2 Å². The molecule has 1 saturated carbocycles. The fourth-order valence-corrected chi connectivity index (χ4v) is 3.29. The van der Waals surface area contributed by atoms with Gasteiger partial charge in [-0.1, -0.05) is 26.7 Å². The van der Waals surface area contributed by atoms with Crippen LogP contribution in [0.5, 0.6) is 0 Å². The van der Waals surface area contributed by atoms with Gasteiger partial charge in [0.25, 0.3) is 0 Å². The zero-order valence-corrected chi connectivity index (χ0v) is 11.3. The van der Waals surface area contributed by atoms with Gasteiger partial charge in [-0.25, -0.2) is 0 Å². The van der Waals surface area contributed by atoms with Crippen LogP contribution < -0.4 is 5.32 Å². The van der Waals surface area contributed by atoms with E-state index in [0.29, 0.717) is 12.2 Å². The minimum Gasteiger partial charge on any atom is -0.315 e. The molecule has 0 saturated heterocycles. The predicted molar refractivity (Wildman–Crippen MR) is 69.5 cm³/mol. The van der Waals surface area contributed by atoms with Gasteiger partial charge in [0.1, 0.15) is 11.5 Å². The Morgan fingerprint density at radius 2 is 1.82 bits per heavy atom. The van der Waals surface area contributed by atoms with E-state index in [1.54, 1.807) is 0 Å². The van der Waals surface area contributed by atoms with E-state index in [4.69, 9.17) is 0 Å². The Balaban J connectivity index is 1.97. The van der Waals surface area contributed by atoms with E-state index in [2.05, 4.69) is 25.2 Å². The minimum absolute atomic E-state index is 0.0753. The van der Waals surface area contributed by atoms with Crippen molar-refractivity contribution >= 4 is 5.78 Å². The second kappa shape index (κ2) is 5.34. The van der Waals surface area contributed by atoms with Crippen molar-refractivity contribution < 1.29 is 10.1 Å². The second-order valence-corrected chi connectivity index (χ2v) is 6.52. The van der Waals surface area contributed by atoms with Crippen LogP contribution in [-0.2, 0) is 4.79 Å². The molecule has 2 aliphatic carbocycles. The fourth-order valence-electron chi connectivity index (χ4n) is 3.29. The molecule has 0 amide bonds. The number of allylic oxidation sites excluding steroid dienone is 2. The van der Waals surface area contributed by atoms with E-state index in [1.807, 2.05) is 0 Å². The third-order valence-corrected chi connectivity index (χ3v) is 3.98. The molecule has 2 heteroatoms. The molecule has 0 aromatic heterocycles. The number of quaternary nitrogens is 1. The molecule has 0 unspecified atom stereocenters. The summed E-state index contributed by atoms with van der Waals surface area (Å²) in [6.07, 6.45) is 11.9. The maximum Gasteiger partial charge on any atom is 0.143 e. The van der Waals surface area contributed by atoms with Gasteiger partial charge in [0, 0.05) is 6.42 Å². The SMILES string of the molecule is CC1(C)C=C([NH2+]C2CCCCCC2)CC(=O)C1. The summed E-state index contributed by atoms with van der Waals surface area (Å²) in [6.45, 7) is 4.34. The molecule has 1 fully saturated rings. The number of rotatable bonds is 2. The molecule has 2 aliphatic rings. The summed E-state index contributed by atoms with van der Waals surface area (Å²) < 4.78 is 0. The summed E-state index contributed by atoms with van der Waals surface area (Å²) in [5, 5.41) is 2.41. The molecule has 2 nitrogen and oxygen atoms in total. The van der Waals surface area contributed by atoms with Crippen LogP contribution in [0, 0.1) is 5.41 Å². The molecule has 2 N–H and O–H groups in total. The molecule has 0 atom stereocenters. The standard InChI is InChI=1S/C15H25NO/c1-15(2)10-13(9-14(17)11-15)16-12-7-5-3-4-6-8-12/h10,12,16H,3-9,11H2,1-2H3/p+1. The van der Waals surface area contributed by atoms with Gasteiger partial charge in [-0.15, -0.1) is 0 Å². The van der Waals surface area contributed by atoms with E-state index >= 15 is 0 Å². The van der Waals surface area contributed by atoms with Gasteiger partial charge in [-0.05, 0) is 37.2 Å². The van der Waals surface area contributed by atoms with Gasteiger partial charge in [0.05, 0.1) is 12.5 Å². The molecule has 0 radical (unpaired) electrons. The first kappa shape index (κ1) is 12.8. The Bertz CT molecular complexity index is 309. The molecule has 0 heterocycles. The molecule has 0 aliphatic heterocycles. The number of carbonyl (C=O) groups is 1. The molecular formula is C15H26NO+. The highest BCUT2D eigenvalue weighted by molar-refractivity contribution is 5.82. The van der Waals surface area contributed by atoms with Crippen LogP contribution in [0.3, 0.4) is 0 Å². The lowest BCUT2D eigenvalue weighted by molar-refractivity contribution is -0.646. The number of carbonyl (C=O) groups excluding carboxylic acids is 1. The van der Waals surface area contributed by atoms with E-state index in [1.165, 1.54) is 44.2 Å². The molecule has 0 spiro atoms. The van der Waals surface area contributed by atoms with Gasteiger partial charge in [-0.2, -0.15) is 0 Å². The van der Waals surface area contributed by atoms with Crippen LogP contribution in [-0.4, -0.2) is 11.8 Å². The lowest BCUT2D eigenvalue weighted by Crippen LogP contribution is -2.88. The first-order chi connectivity index (χ1) is 8.05. The maximum absolute atomic E-state index is 11.7. The molecule has 0 aromatic carbocycles. The smallest absolute Gasteiger partial charge is 0.143 e. The van der Waals surface area contributed by atoms with Crippen molar-refractivity contribution in [2.45, 2.75) is 71.3 Å². The number of Topliss-reactive ketones (excluding diaryl/α,β-unsaturated/α-hetero) is 1. The number of ketones is 1. The quantitative estimate of drug-likeness (QED) is 0.734. The Morgan fingerprint density at radius 3 is 2.41 bits per heavy atom. The highest BCUT2D eigenvalue weighted by atomic mass is 16.1. The van der Waals surface area contributed by atoms with Crippen molar-refractivity contribution in [2.24, 2.45) is 5.41 Å². The highest BCUT2D eigenvalue weighted by Crippen LogP contribution is 2.29. The summed E-state index contributed by atoms with van der Waals surface area (Å²) in [6, 6.07) is 0.727. The highest BCUT2D eigenvalue weighted by Gasteiger charge is 2.29. The van der Waals surface area contributed by atoms with Crippen LogP contribution in [0.15, 0.2) is 11.8 Å². The minimum atomic E-state index is 0.0753. The van der Waals surface area contributed by atoms with Gasteiger partial charge in [0.2, 0.25) is 0 Å². The molecule has 0 bridgehead atoms. The van der Waals surface area contributed by atoms with Crippen molar-refractivity contribution in [2.75, 3.05) is 0 Å². The zero-order chi connectivity index (χ0) is 12.3. The molecular weight excluding hydrogens is 210 g/mol. The van der Waals surface area contributed by atoms with E-state index < -0.39 is 0 Å². The fraction of sp³-hybridized carbons (Fsp3) is 0.800. The Kier molecular flexibility index (Phi) is 4.03. The number of nitrogens with two attached hydrogens (primary N) is 1. The van der Waals surface area contributed by atoms with Gasteiger partial charge < -0.3 is 5.32 Å². The monoisotopic (exact) mass is 236 g/mol. The van der Waals surface area contributed by atoms with Gasteiger partial charge >= 0.3 is 0 Å². The lowest BCUT2D eigenvalue weighted by atomic mass is 9.81. The average molecular weight is 236 g/mol. The molecule has 17 heavy (non-hydrogen) atoms. The summed E-state index contributed by atoms with van der Waals surface area (Å²) in [5.74, 6) is 0.414. The topological polar surface area (TPSA) is 33.7 Å². The molecule has 0 aromatic rings. The Hall–Kier alpha value is -0.630. The molecule has 2 rings (SSSR count). The van der Waals surface area contributed by atoms with Crippen molar-refractivity contribution in [3.63, 3.8) is 0 Å². The van der Waals surface area contributed by atoms with Gasteiger partial charge in [0.15, 0.2) is 0 Å². The molecule has 96 valence electrons. The summed E-state index contributed by atoms with van der Waals surface area (Å²) >= 11 is 0. The number of hydrogen-bond donors (Lipinski definition) is 1. The van der Waals surface area contributed by atoms with Crippen molar-refractivity contribution in [1.82, 2.24) is 0 Å². The van der Waals surface area contributed by atoms with E-state index in [9.17, 15) is 4.79 Å². The van der Waals surface area contributed by atoms with E-state index in [-0.39, 0.29) is 5.41 Å². The summed E-state index contributed by atoms with van der Waals surface area (Å²) in [4.78, 5) is 11.7. The predicted octanol–water partition coefficient (Wildman–Crippen LogP) is 2.55. The summed E-state index contributed by atoms with van der Waals surface area (Å²) in [5.41, 5.74) is 1.38. The second-order valence-electron chi connectivity index (χ2n) is 6.52. The first-order valence-electron chi connectivity index (χ1n) is 7.13. The average Bonchev–Trinajstić information content (AvgIpc) is 2.42.